The molecule has 92 valence electrons. The van der Waals surface area contributed by atoms with Crippen LogP contribution in [0.25, 0.3) is 5.65 Å². The van der Waals surface area contributed by atoms with Crippen LogP contribution in [-0.2, 0) is 4.79 Å². The van der Waals surface area contributed by atoms with Gasteiger partial charge in [-0.25, -0.2) is 4.98 Å². The summed E-state index contributed by atoms with van der Waals surface area (Å²) in [7, 11) is 0. The van der Waals surface area contributed by atoms with Crippen LogP contribution in [-0.4, -0.2) is 21.5 Å². The number of imidazole rings is 1. The van der Waals surface area contributed by atoms with E-state index in [2.05, 4.69) is 4.98 Å². The number of carbonyl (C=O) groups is 1. The van der Waals surface area contributed by atoms with Crippen LogP contribution in [0.3, 0.4) is 0 Å². The van der Waals surface area contributed by atoms with E-state index in [9.17, 15) is 18.0 Å². The Balaban J connectivity index is 2.31. The second-order valence-electron chi connectivity index (χ2n) is 3.37. The number of hydrogen-bond acceptors (Lipinski definition) is 3. The summed E-state index contributed by atoms with van der Waals surface area (Å²) in [6, 6.07) is 4.47. The number of nitrogens with one attached hydrogen (secondary N) is 1. The predicted octanol–water partition coefficient (Wildman–Crippen LogP) is 1.71. The molecule has 2 heterocycles. The molecular formula is C10H5F3N4O. The van der Waals surface area contributed by atoms with Crippen LogP contribution in [0.4, 0.5) is 18.9 Å². The van der Waals surface area contributed by atoms with E-state index >= 15 is 0 Å². The standard InChI is InChI=1S/C10H5F3N4O/c11-10(12,13)9(18)16-6-1-2-8-15-7(3-14)5-17(8)4-6/h1-2,4-5H,(H,16,18). The summed E-state index contributed by atoms with van der Waals surface area (Å²) in [5.41, 5.74) is 0.498. The molecule has 0 aliphatic heterocycles. The highest BCUT2D eigenvalue weighted by Gasteiger charge is 2.38. The van der Waals surface area contributed by atoms with Crippen molar-refractivity contribution in [3.63, 3.8) is 0 Å². The van der Waals surface area contributed by atoms with E-state index in [4.69, 9.17) is 5.26 Å². The van der Waals surface area contributed by atoms with Gasteiger partial charge in [-0.15, -0.1) is 0 Å². The van der Waals surface area contributed by atoms with Crippen molar-refractivity contribution in [2.75, 3.05) is 5.32 Å². The molecule has 2 aromatic heterocycles. The quantitative estimate of drug-likeness (QED) is 0.842. The zero-order valence-corrected chi connectivity index (χ0v) is 8.69. The largest absolute Gasteiger partial charge is 0.471 e. The number of rotatable bonds is 1. The van der Waals surface area contributed by atoms with Crippen molar-refractivity contribution < 1.29 is 18.0 Å². The van der Waals surface area contributed by atoms with Gasteiger partial charge in [0.25, 0.3) is 0 Å². The molecule has 0 saturated heterocycles. The Morgan fingerprint density at radius 1 is 1.39 bits per heavy atom. The van der Waals surface area contributed by atoms with Gasteiger partial charge in [0.05, 0.1) is 5.69 Å². The third kappa shape index (κ3) is 2.24. The number of fused-ring (bicyclic) bond motifs is 1. The lowest BCUT2D eigenvalue weighted by Gasteiger charge is -2.07. The van der Waals surface area contributed by atoms with E-state index in [-0.39, 0.29) is 11.4 Å². The van der Waals surface area contributed by atoms with E-state index in [0.29, 0.717) is 5.65 Å². The van der Waals surface area contributed by atoms with E-state index < -0.39 is 12.1 Å². The molecule has 1 amide bonds. The molecule has 0 saturated carbocycles. The maximum Gasteiger partial charge on any atom is 0.471 e. The Hall–Kier alpha value is -2.56. The number of nitriles is 1. The first-order valence-electron chi connectivity index (χ1n) is 4.67. The van der Waals surface area contributed by atoms with Crippen molar-refractivity contribution in [2.24, 2.45) is 0 Å². The SMILES string of the molecule is N#Cc1cn2cc(NC(=O)C(F)(F)F)ccc2n1. The zero-order valence-electron chi connectivity index (χ0n) is 8.69. The molecule has 0 bridgehead atoms. The van der Waals surface area contributed by atoms with Crippen molar-refractivity contribution in [2.45, 2.75) is 6.18 Å². The lowest BCUT2D eigenvalue weighted by Crippen LogP contribution is -2.29. The molecule has 1 N–H and O–H groups in total. The summed E-state index contributed by atoms with van der Waals surface area (Å²) in [4.78, 5) is 14.6. The molecule has 2 rings (SSSR count). The maximum absolute atomic E-state index is 12.0. The zero-order chi connectivity index (χ0) is 13.3. The van der Waals surface area contributed by atoms with E-state index in [1.54, 1.807) is 11.4 Å². The van der Waals surface area contributed by atoms with Gasteiger partial charge in [-0.3, -0.25) is 4.79 Å². The number of pyridine rings is 1. The highest BCUT2D eigenvalue weighted by Crippen LogP contribution is 2.18. The average molecular weight is 254 g/mol. The molecule has 18 heavy (non-hydrogen) atoms. The minimum absolute atomic E-state index is 0.0354. The number of amides is 1. The molecule has 0 aromatic carbocycles. The van der Waals surface area contributed by atoms with Crippen molar-refractivity contribution >= 4 is 17.2 Å². The first-order chi connectivity index (χ1) is 8.40. The fraction of sp³-hybridized carbons (Fsp3) is 0.100. The van der Waals surface area contributed by atoms with Crippen LogP contribution in [0, 0.1) is 11.3 Å². The van der Waals surface area contributed by atoms with Gasteiger partial charge >= 0.3 is 12.1 Å². The van der Waals surface area contributed by atoms with Gasteiger partial charge in [-0.05, 0) is 12.1 Å². The van der Waals surface area contributed by atoms with Crippen molar-refractivity contribution in [3.05, 3.63) is 30.2 Å². The van der Waals surface area contributed by atoms with Crippen molar-refractivity contribution in [1.82, 2.24) is 9.38 Å². The summed E-state index contributed by atoms with van der Waals surface area (Å²) in [5.74, 6) is -2.05. The number of hydrogen-bond donors (Lipinski definition) is 1. The molecule has 5 nitrogen and oxygen atoms in total. The first kappa shape index (κ1) is 11.9. The third-order valence-electron chi connectivity index (χ3n) is 2.08. The maximum atomic E-state index is 12.0. The normalized spacial score (nSPS) is 11.2. The molecule has 0 unspecified atom stereocenters. The second kappa shape index (κ2) is 4.03. The molecule has 8 heteroatoms. The molecule has 0 spiro atoms. The average Bonchev–Trinajstić information content (AvgIpc) is 2.69. The van der Waals surface area contributed by atoms with Crippen LogP contribution >= 0.6 is 0 Å². The number of aromatic nitrogens is 2. The van der Waals surface area contributed by atoms with E-state index in [1.807, 2.05) is 0 Å². The van der Waals surface area contributed by atoms with Crippen molar-refractivity contribution in [3.8, 4) is 6.07 Å². The summed E-state index contributed by atoms with van der Waals surface area (Å²) >= 11 is 0. The summed E-state index contributed by atoms with van der Waals surface area (Å²) < 4.78 is 37.5. The van der Waals surface area contributed by atoms with Crippen LogP contribution in [0.5, 0.6) is 0 Å². The topological polar surface area (TPSA) is 70.2 Å². The Labute approximate surface area is 98.5 Å². The highest BCUT2D eigenvalue weighted by molar-refractivity contribution is 5.94. The summed E-state index contributed by atoms with van der Waals surface area (Å²) in [6.45, 7) is 0. The Kier molecular flexibility index (Phi) is 2.67. The summed E-state index contributed by atoms with van der Waals surface area (Å²) in [6.07, 6.45) is -2.35. The summed E-state index contributed by atoms with van der Waals surface area (Å²) in [5, 5.41) is 10.3. The number of nitrogens with zero attached hydrogens (tertiary/aromatic N) is 3. The minimum atomic E-state index is -4.94. The Bertz CT molecular complexity index is 653. The van der Waals surface area contributed by atoms with Gasteiger partial charge in [-0.1, -0.05) is 0 Å². The highest BCUT2D eigenvalue weighted by atomic mass is 19.4. The van der Waals surface area contributed by atoms with Gasteiger partial charge in [0.2, 0.25) is 0 Å². The number of alkyl halides is 3. The lowest BCUT2D eigenvalue weighted by atomic mass is 10.4. The van der Waals surface area contributed by atoms with Crippen LogP contribution in [0.1, 0.15) is 5.69 Å². The minimum Gasteiger partial charge on any atom is -0.317 e. The van der Waals surface area contributed by atoms with Gasteiger partial charge in [-0.2, -0.15) is 18.4 Å². The van der Waals surface area contributed by atoms with Gasteiger partial charge < -0.3 is 9.72 Å². The fourth-order valence-electron chi connectivity index (χ4n) is 1.32. The molecule has 0 radical (unpaired) electrons. The van der Waals surface area contributed by atoms with E-state index in [0.717, 1.165) is 0 Å². The predicted molar refractivity (Wildman–Crippen MR) is 54.6 cm³/mol. The molecule has 0 aliphatic rings. The number of anilines is 1. The fourth-order valence-corrected chi connectivity index (χ4v) is 1.32. The van der Waals surface area contributed by atoms with Crippen LogP contribution < -0.4 is 5.32 Å². The van der Waals surface area contributed by atoms with Crippen molar-refractivity contribution in [1.29, 1.82) is 5.26 Å². The van der Waals surface area contributed by atoms with Crippen LogP contribution in [0.2, 0.25) is 0 Å². The molecule has 0 fully saturated rings. The lowest BCUT2D eigenvalue weighted by molar-refractivity contribution is -0.167. The number of carbonyl (C=O) groups excluding carboxylic acids is 1. The second-order valence-corrected chi connectivity index (χ2v) is 3.37. The third-order valence-corrected chi connectivity index (χ3v) is 2.08. The molecule has 0 atom stereocenters. The number of halogens is 3. The van der Waals surface area contributed by atoms with Gasteiger partial charge in [0, 0.05) is 12.4 Å². The molecule has 2 aromatic rings. The van der Waals surface area contributed by atoms with Crippen LogP contribution in [0.15, 0.2) is 24.5 Å². The monoisotopic (exact) mass is 254 g/mol. The Morgan fingerprint density at radius 3 is 2.72 bits per heavy atom. The van der Waals surface area contributed by atoms with Gasteiger partial charge in [0.15, 0.2) is 5.69 Å². The van der Waals surface area contributed by atoms with Gasteiger partial charge in [0.1, 0.15) is 11.7 Å². The molecule has 0 aliphatic carbocycles. The Morgan fingerprint density at radius 2 is 2.11 bits per heavy atom. The smallest absolute Gasteiger partial charge is 0.317 e. The van der Waals surface area contributed by atoms with E-state index in [1.165, 1.54) is 28.9 Å². The first-order valence-corrected chi connectivity index (χ1v) is 4.67. The molecular weight excluding hydrogens is 249 g/mol.